The van der Waals surface area contributed by atoms with Gasteiger partial charge in [0.25, 0.3) is 0 Å². The number of nitrogens with zero attached hydrogens (tertiary/aromatic N) is 2. The first-order valence-electron chi connectivity index (χ1n) is 7.63. The third-order valence-corrected chi connectivity index (χ3v) is 4.38. The zero-order valence-corrected chi connectivity index (χ0v) is 14.9. The van der Waals surface area contributed by atoms with Crippen LogP contribution < -0.4 is 10.1 Å². The highest BCUT2D eigenvalue weighted by atomic mass is 35.5. The number of nitrogens with one attached hydrogen (secondary N) is 1. The van der Waals surface area contributed by atoms with E-state index in [2.05, 4.69) is 5.32 Å². The molecule has 0 saturated heterocycles. The van der Waals surface area contributed by atoms with Crippen LogP contribution in [0.15, 0.2) is 47.1 Å². The molecule has 0 fully saturated rings. The maximum Gasteiger partial charge on any atom is 0.389 e. The smallest absolute Gasteiger partial charge is 0.389 e. The molecule has 0 bridgehead atoms. The lowest BCUT2D eigenvalue weighted by atomic mass is 9.92. The normalized spacial score (nSPS) is 13.2. The van der Waals surface area contributed by atoms with Gasteiger partial charge in [0.05, 0.1) is 17.0 Å². The number of methoxy groups -OCH3 is 1. The van der Waals surface area contributed by atoms with E-state index in [0.717, 1.165) is 19.2 Å². The van der Waals surface area contributed by atoms with E-state index in [4.69, 9.17) is 16.3 Å². The van der Waals surface area contributed by atoms with Crippen LogP contribution in [-0.4, -0.2) is 28.5 Å². The highest BCUT2D eigenvalue weighted by Gasteiger charge is 2.37. The Kier molecular flexibility index (Phi) is 4.80. The second kappa shape index (κ2) is 7.08. The summed E-state index contributed by atoms with van der Waals surface area (Å²) in [6.07, 6.45) is 0. The number of nitro benzene ring substituents is 2. The van der Waals surface area contributed by atoms with Gasteiger partial charge in [-0.25, -0.2) is 0 Å². The molecule has 2 aromatic carbocycles. The predicted molar refractivity (Wildman–Crippen MR) is 97.9 cm³/mol. The average molecular weight is 404 g/mol. The van der Waals surface area contributed by atoms with Crippen molar-refractivity contribution in [2.24, 2.45) is 0 Å². The molecule has 0 radical (unpaired) electrons. The van der Waals surface area contributed by atoms with Crippen LogP contribution in [0.4, 0.5) is 17.1 Å². The molecule has 11 heteroatoms. The monoisotopic (exact) mass is 403 g/mol. The topological polar surface area (TPSA) is 142 Å². The molecule has 0 aliphatic heterocycles. The number of allylic oxidation sites excluding steroid dienone is 2. The first-order valence-corrected chi connectivity index (χ1v) is 8.00. The van der Waals surface area contributed by atoms with Crippen LogP contribution in [0.5, 0.6) is 5.75 Å². The SMILES string of the molecule is COc1ccc(NC2=C(Cl)C(=O)c3ccccc3C2=O)c([N+](=O)[O-])c1[N+](=O)[O-]. The third kappa shape index (κ3) is 2.95. The summed E-state index contributed by atoms with van der Waals surface area (Å²) < 4.78 is 4.82. The number of carbonyl (C=O) groups is 2. The van der Waals surface area contributed by atoms with Crippen molar-refractivity contribution >= 4 is 40.2 Å². The fourth-order valence-electron chi connectivity index (χ4n) is 2.78. The van der Waals surface area contributed by atoms with Crippen molar-refractivity contribution in [2.45, 2.75) is 0 Å². The fraction of sp³-hybridized carbons (Fsp3) is 0.0588. The number of fused-ring (bicyclic) bond motifs is 1. The van der Waals surface area contributed by atoms with Crippen LogP contribution in [0.25, 0.3) is 0 Å². The number of ketones is 2. The van der Waals surface area contributed by atoms with E-state index in [1.165, 1.54) is 12.1 Å². The molecule has 0 aromatic heterocycles. The molecular formula is C17H10ClN3O7. The van der Waals surface area contributed by atoms with Gasteiger partial charge in [0.15, 0.2) is 0 Å². The summed E-state index contributed by atoms with van der Waals surface area (Å²) in [5.41, 5.74) is -2.47. The second-order valence-corrected chi connectivity index (χ2v) is 5.92. The van der Waals surface area contributed by atoms with E-state index < -0.39 is 43.5 Å². The van der Waals surface area contributed by atoms with Crippen molar-refractivity contribution < 1.29 is 24.2 Å². The Morgan fingerprint density at radius 3 is 2.04 bits per heavy atom. The average Bonchev–Trinajstić information content (AvgIpc) is 2.68. The summed E-state index contributed by atoms with van der Waals surface area (Å²) in [4.78, 5) is 46.0. The lowest BCUT2D eigenvalue weighted by Gasteiger charge is -2.19. The molecule has 2 aromatic rings. The van der Waals surface area contributed by atoms with Crippen LogP contribution in [0.2, 0.25) is 0 Å². The van der Waals surface area contributed by atoms with E-state index in [1.807, 2.05) is 0 Å². The highest BCUT2D eigenvalue weighted by molar-refractivity contribution is 6.50. The van der Waals surface area contributed by atoms with Crippen LogP contribution in [0.1, 0.15) is 20.7 Å². The third-order valence-electron chi connectivity index (χ3n) is 4.02. The van der Waals surface area contributed by atoms with Gasteiger partial charge < -0.3 is 10.1 Å². The van der Waals surface area contributed by atoms with Gasteiger partial charge in [0.1, 0.15) is 16.4 Å². The van der Waals surface area contributed by atoms with E-state index >= 15 is 0 Å². The molecule has 1 aliphatic carbocycles. The highest BCUT2D eigenvalue weighted by Crippen LogP contribution is 2.43. The van der Waals surface area contributed by atoms with Crippen molar-refractivity contribution in [3.8, 4) is 5.75 Å². The number of benzene rings is 2. The van der Waals surface area contributed by atoms with Crippen molar-refractivity contribution in [3.63, 3.8) is 0 Å². The Morgan fingerprint density at radius 1 is 0.929 bits per heavy atom. The van der Waals surface area contributed by atoms with Gasteiger partial charge in [0, 0.05) is 11.1 Å². The number of Topliss-reactive ketones (excluding diaryl/α,β-unsaturated/α-hetero) is 2. The van der Waals surface area contributed by atoms with Crippen molar-refractivity contribution in [2.75, 3.05) is 12.4 Å². The molecule has 0 atom stereocenters. The van der Waals surface area contributed by atoms with Gasteiger partial charge in [-0.2, -0.15) is 0 Å². The minimum Gasteiger partial charge on any atom is -0.490 e. The molecule has 0 unspecified atom stereocenters. The van der Waals surface area contributed by atoms with Crippen molar-refractivity contribution in [1.82, 2.24) is 0 Å². The van der Waals surface area contributed by atoms with Gasteiger partial charge in [0.2, 0.25) is 17.3 Å². The van der Waals surface area contributed by atoms with Gasteiger partial charge in [-0.3, -0.25) is 29.8 Å². The van der Waals surface area contributed by atoms with Crippen molar-refractivity contribution in [1.29, 1.82) is 0 Å². The molecular weight excluding hydrogens is 394 g/mol. The molecule has 0 spiro atoms. The molecule has 28 heavy (non-hydrogen) atoms. The van der Waals surface area contributed by atoms with E-state index in [-0.39, 0.29) is 22.6 Å². The first kappa shape index (κ1) is 19.0. The van der Waals surface area contributed by atoms with Crippen LogP contribution >= 0.6 is 11.6 Å². The number of ether oxygens (including phenoxy) is 1. The van der Waals surface area contributed by atoms with Crippen LogP contribution in [0, 0.1) is 20.2 Å². The minimum atomic E-state index is -0.986. The van der Waals surface area contributed by atoms with E-state index in [9.17, 15) is 29.8 Å². The largest absolute Gasteiger partial charge is 0.490 e. The van der Waals surface area contributed by atoms with Gasteiger partial charge in [-0.1, -0.05) is 35.9 Å². The quantitative estimate of drug-likeness (QED) is 0.590. The molecule has 0 heterocycles. The lowest BCUT2D eigenvalue weighted by molar-refractivity contribution is -0.422. The fourth-order valence-corrected chi connectivity index (χ4v) is 3.01. The first-order chi connectivity index (χ1) is 13.3. The molecule has 0 amide bonds. The van der Waals surface area contributed by atoms with E-state index in [1.54, 1.807) is 12.1 Å². The maximum atomic E-state index is 12.7. The summed E-state index contributed by atoms with van der Waals surface area (Å²) in [7, 11) is 1.12. The lowest BCUT2D eigenvalue weighted by Crippen LogP contribution is -2.24. The van der Waals surface area contributed by atoms with Crippen molar-refractivity contribution in [3.05, 3.63) is 78.5 Å². The Bertz CT molecular complexity index is 1090. The van der Waals surface area contributed by atoms with Crippen LogP contribution in [0.3, 0.4) is 0 Å². The summed E-state index contributed by atoms with van der Waals surface area (Å²) in [6.45, 7) is 0. The Labute approximate surface area is 161 Å². The van der Waals surface area contributed by atoms with Gasteiger partial charge >= 0.3 is 11.4 Å². The summed E-state index contributed by atoms with van der Waals surface area (Å²) >= 11 is 6.02. The Balaban J connectivity index is 2.17. The van der Waals surface area contributed by atoms with Gasteiger partial charge in [-0.05, 0) is 12.1 Å². The number of hydrogen-bond acceptors (Lipinski definition) is 8. The standard InChI is InChI=1S/C17H10ClN3O7/c1-28-11-7-6-10(14(20(24)25)15(11)21(26)27)19-13-12(18)16(22)8-4-2-3-5-9(8)17(13)23/h2-7,19H,1H3. The molecule has 0 saturated carbocycles. The molecule has 1 aliphatic rings. The number of carbonyl (C=O) groups excluding carboxylic acids is 2. The molecule has 3 rings (SSSR count). The number of hydrogen-bond donors (Lipinski definition) is 1. The minimum absolute atomic E-state index is 0.0602. The summed E-state index contributed by atoms with van der Waals surface area (Å²) in [5, 5.41) is 24.8. The zero-order valence-electron chi connectivity index (χ0n) is 14.1. The number of rotatable bonds is 5. The van der Waals surface area contributed by atoms with E-state index in [0.29, 0.717) is 0 Å². The van der Waals surface area contributed by atoms with Gasteiger partial charge in [-0.15, -0.1) is 0 Å². The summed E-state index contributed by atoms with van der Waals surface area (Å²) in [5.74, 6) is -1.66. The molecule has 10 nitrogen and oxygen atoms in total. The van der Waals surface area contributed by atoms with Crippen LogP contribution in [-0.2, 0) is 0 Å². The Hall–Kier alpha value is -3.79. The second-order valence-electron chi connectivity index (χ2n) is 5.54. The number of nitro groups is 2. The molecule has 1 N–H and O–H groups in total. The maximum absolute atomic E-state index is 12.7. The molecule has 142 valence electrons. The number of anilines is 1. The zero-order chi connectivity index (χ0) is 20.6. The Morgan fingerprint density at radius 2 is 1.50 bits per heavy atom. The predicted octanol–water partition coefficient (Wildman–Crippen LogP) is 3.45. The number of halogens is 1. The summed E-state index contributed by atoms with van der Waals surface area (Å²) in [6, 6.07) is 8.19.